The summed E-state index contributed by atoms with van der Waals surface area (Å²) in [6, 6.07) is 1.40. The summed E-state index contributed by atoms with van der Waals surface area (Å²) >= 11 is 0. The van der Waals surface area contributed by atoms with Gasteiger partial charge in [-0.2, -0.15) is 4.31 Å². The molecule has 0 bridgehead atoms. The van der Waals surface area contributed by atoms with Gasteiger partial charge < -0.3 is 4.98 Å². The van der Waals surface area contributed by atoms with E-state index in [1.807, 2.05) is 6.92 Å². The van der Waals surface area contributed by atoms with Gasteiger partial charge >= 0.3 is 0 Å². The molecule has 19 heavy (non-hydrogen) atoms. The van der Waals surface area contributed by atoms with Gasteiger partial charge in [0.05, 0.1) is 0 Å². The number of aromatic nitrogens is 1. The Bertz CT molecular complexity index is 596. The summed E-state index contributed by atoms with van der Waals surface area (Å²) in [6.07, 6.45) is 2.69. The van der Waals surface area contributed by atoms with Crippen molar-refractivity contribution in [3.63, 3.8) is 0 Å². The fourth-order valence-electron chi connectivity index (χ4n) is 2.39. The van der Waals surface area contributed by atoms with Gasteiger partial charge in [-0.25, -0.2) is 8.42 Å². The van der Waals surface area contributed by atoms with Crippen molar-refractivity contribution < 1.29 is 8.42 Å². The Morgan fingerprint density at radius 2 is 2.16 bits per heavy atom. The van der Waals surface area contributed by atoms with Crippen LogP contribution in [0.3, 0.4) is 0 Å². The van der Waals surface area contributed by atoms with Crippen molar-refractivity contribution in [1.29, 1.82) is 0 Å². The molecule has 1 aliphatic rings. The third-order valence-electron chi connectivity index (χ3n) is 3.54. The normalized spacial score (nSPS) is 22.5. The summed E-state index contributed by atoms with van der Waals surface area (Å²) < 4.78 is 26.3. The number of hydrogen-bond acceptors (Lipinski definition) is 4. The lowest BCUT2D eigenvalue weighted by Gasteiger charge is -2.38. The molecule has 0 aliphatic carbocycles. The molecule has 1 aromatic rings. The molecule has 2 rings (SSSR count). The average molecular weight is 285 g/mol. The van der Waals surface area contributed by atoms with E-state index in [2.05, 4.69) is 16.8 Å². The maximum atomic E-state index is 12.4. The van der Waals surface area contributed by atoms with Crippen molar-refractivity contribution in [3.8, 4) is 0 Å². The molecule has 1 atom stereocenters. The monoisotopic (exact) mass is 285 g/mol. The SMILES string of the molecule is CCN1CCN(S(=O)(=O)c2c[nH]ccc2=O)CC1C. The summed E-state index contributed by atoms with van der Waals surface area (Å²) in [7, 11) is -3.69. The van der Waals surface area contributed by atoms with Gasteiger partial charge in [-0.3, -0.25) is 9.69 Å². The summed E-state index contributed by atoms with van der Waals surface area (Å²) in [5, 5.41) is 0. The van der Waals surface area contributed by atoms with Crippen LogP contribution in [0.4, 0.5) is 0 Å². The fourth-order valence-corrected chi connectivity index (χ4v) is 3.94. The van der Waals surface area contributed by atoms with Crippen molar-refractivity contribution in [1.82, 2.24) is 14.2 Å². The average Bonchev–Trinajstić information content (AvgIpc) is 2.39. The maximum Gasteiger partial charge on any atom is 0.248 e. The Morgan fingerprint density at radius 1 is 1.42 bits per heavy atom. The molecule has 0 radical (unpaired) electrons. The molecule has 2 heterocycles. The zero-order valence-electron chi connectivity index (χ0n) is 11.2. The topological polar surface area (TPSA) is 73.5 Å². The van der Waals surface area contributed by atoms with Crippen molar-refractivity contribution >= 4 is 10.0 Å². The number of H-pyrrole nitrogens is 1. The lowest BCUT2D eigenvalue weighted by molar-refractivity contribution is 0.135. The number of nitrogens with zero attached hydrogens (tertiary/aromatic N) is 2. The second-order valence-electron chi connectivity index (χ2n) is 4.71. The second kappa shape index (κ2) is 5.44. The largest absolute Gasteiger partial charge is 0.366 e. The summed E-state index contributed by atoms with van der Waals surface area (Å²) in [4.78, 5) is 16.4. The van der Waals surface area contributed by atoms with Crippen LogP contribution < -0.4 is 5.43 Å². The van der Waals surface area contributed by atoms with Gasteiger partial charge in [0.25, 0.3) is 0 Å². The molecule has 0 amide bonds. The first-order valence-electron chi connectivity index (χ1n) is 6.38. The van der Waals surface area contributed by atoms with E-state index < -0.39 is 15.5 Å². The van der Waals surface area contributed by atoms with E-state index in [1.54, 1.807) is 0 Å². The minimum atomic E-state index is -3.69. The molecule has 7 heteroatoms. The lowest BCUT2D eigenvalue weighted by atomic mass is 10.2. The van der Waals surface area contributed by atoms with Crippen LogP contribution in [-0.4, -0.2) is 54.8 Å². The van der Waals surface area contributed by atoms with Crippen LogP contribution in [-0.2, 0) is 10.0 Å². The number of sulfonamides is 1. The Morgan fingerprint density at radius 3 is 2.74 bits per heavy atom. The predicted octanol–water partition coefficient (Wildman–Crippen LogP) is 0.0896. The van der Waals surface area contributed by atoms with Crippen molar-refractivity contribution in [2.24, 2.45) is 0 Å². The number of rotatable bonds is 3. The van der Waals surface area contributed by atoms with Crippen LogP contribution in [0.1, 0.15) is 13.8 Å². The van der Waals surface area contributed by atoms with E-state index in [0.717, 1.165) is 6.54 Å². The highest BCUT2D eigenvalue weighted by Crippen LogP contribution is 2.17. The van der Waals surface area contributed by atoms with Gasteiger partial charge in [0, 0.05) is 44.1 Å². The van der Waals surface area contributed by atoms with E-state index in [0.29, 0.717) is 19.6 Å². The van der Waals surface area contributed by atoms with Crippen LogP contribution in [0.5, 0.6) is 0 Å². The Kier molecular flexibility index (Phi) is 4.07. The first kappa shape index (κ1) is 14.2. The van der Waals surface area contributed by atoms with Crippen LogP contribution in [0.2, 0.25) is 0 Å². The maximum absolute atomic E-state index is 12.4. The second-order valence-corrected chi connectivity index (χ2v) is 6.62. The molecule has 1 unspecified atom stereocenters. The molecular formula is C12H19N3O3S. The summed E-state index contributed by atoms with van der Waals surface area (Å²) in [6.45, 7) is 6.50. The Labute approximate surface area is 113 Å². The lowest BCUT2D eigenvalue weighted by Crippen LogP contribution is -2.53. The Balaban J connectivity index is 2.28. The number of aromatic amines is 1. The molecule has 0 spiro atoms. The molecular weight excluding hydrogens is 266 g/mol. The number of piperazine rings is 1. The van der Waals surface area contributed by atoms with Gasteiger partial charge in [-0.15, -0.1) is 0 Å². The van der Waals surface area contributed by atoms with Crippen LogP contribution in [0.15, 0.2) is 28.2 Å². The number of likely N-dealkylation sites (N-methyl/N-ethyl adjacent to an activating group) is 1. The van der Waals surface area contributed by atoms with E-state index in [-0.39, 0.29) is 10.9 Å². The first-order valence-corrected chi connectivity index (χ1v) is 7.82. The van der Waals surface area contributed by atoms with Crippen LogP contribution >= 0.6 is 0 Å². The van der Waals surface area contributed by atoms with Crippen LogP contribution in [0.25, 0.3) is 0 Å². The van der Waals surface area contributed by atoms with E-state index in [9.17, 15) is 13.2 Å². The molecule has 1 aromatic heterocycles. The highest BCUT2D eigenvalue weighted by molar-refractivity contribution is 7.89. The highest BCUT2D eigenvalue weighted by Gasteiger charge is 2.32. The van der Waals surface area contributed by atoms with Gasteiger partial charge in [0.2, 0.25) is 15.5 Å². The zero-order chi connectivity index (χ0) is 14.0. The molecule has 6 nitrogen and oxygen atoms in total. The van der Waals surface area contributed by atoms with Gasteiger partial charge in [0.15, 0.2) is 0 Å². The molecule has 1 aliphatic heterocycles. The van der Waals surface area contributed by atoms with Gasteiger partial charge in [0.1, 0.15) is 4.90 Å². The minimum Gasteiger partial charge on any atom is -0.366 e. The molecule has 0 aromatic carbocycles. The van der Waals surface area contributed by atoms with Gasteiger partial charge in [-0.05, 0) is 13.5 Å². The van der Waals surface area contributed by atoms with E-state index >= 15 is 0 Å². The molecule has 106 valence electrons. The molecule has 1 N–H and O–H groups in total. The fraction of sp³-hybridized carbons (Fsp3) is 0.583. The van der Waals surface area contributed by atoms with Crippen molar-refractivity contribution in [2.45, 2.75) is 24.8 Å². The predicted molar refractivity (Wildman–Crippen MR) is 72.5 cm³/mol. The van der Waals surface area contributed by atoms with E-state index in [4.69, 9.17) is 0 Å². The molecule has 1 saturated heterocycles. The van der Waals surface area contributed by atoms with Crippen molar-refractivity contribution in [3.05, 3.63) is 28.7 Å². The number of hydrogen-bond donors (Lipinski definition) is 1. The first-order chi connectivity index (χ1) is 8.96. The zero-order valence-corrected chi connectivity index (χ0v) is 12.0. The minimum absolute atomic E-state index is 0.163. The van der Waals surface area contributed by atoms with Crippen molar-refractivity contribution in [2.75, 3.05) is 26.2 Å². The summed E-state index contributed by atoms with van der Waals surface area (Å²) in [5.41, 5.74) is -0.468. The number of pyridine rings is 1. The standard InChI is InChI=1S/C12H19N3O3S/c1-3-14-6-7-15(9-10(14)2)19(17,18)12-8-13-5-4-11(12)16/h4-5,8,10H,3,6-7,9H2,1-2H3,(H,13,16). The summed E-state index contributed by atoms with van der Waals surface area (Å²) in [5.74, 6) is 0. The smallest absolute Gasteiger partial charge is 0.248 e. The number of nitrogens with one attached hydrogen (secondary N) is 1. The third kappa shape index (κ3) is 2.72. The van der Waals surface area contributed by atoms with E-state index in [1.165, 1.54) is 22.8 Å². The quantitative estimate of drug-likeness (QED) is 0.854. The third-order valence-corrected chi connectivity index (χ3v) is 5.43. The van der Waals surface area contributed by atoms with Crippen LogP contribution in [0, 0.1) is 0 Å². The highest BCUT2D eigenvalue weighted by atomic mass is 32.2. The molecule has 1 fully saturated rings. The molecule has 0 saturated carbocycles. The Hall–Kier alpha value is -1.18. The van der Waals surface area contributed by atoms with Gasteiger partial charge in [-0.1, -0.05) is 6.92 Å².